The van der Waals surface area contributed by atoms with Gasteiger partial charge in [-0.05, 0) is 47.4 Å². The monoisotopic (exact) mass is 518 g/mol. The van der Waals surface area contributed by atoms with E-state index in [-0.39, 0.29) is 49.6 Å². The van der Waals surface area contributed by atoms with Gasteiger partial charge in [-0.25, -0.2) is 9.59 Å². The van der Waals surface area contributed by atoms with Gasteiger partial charge in [0.05, 0.1) is 24.3 Å². The van der Waals surface area contributed by atoms with Crippen LogP contribution in [0.5, 0.6) is 5.75 Å². The van der Waals surface area contributed by atoms with Crippen LogP contribution in [0.2, 0.25) is 0 Å². The first-order valence-corrected chi connectivity index (χ1v) is 12.0. The van der Waals surface area contributed by atoms with Crippen molar-refractivity contribution in [2.24, 2.45) is 0 Å². The Morgan fingerprint density at radius 1 is 0.921 bits per heavy atom. The number of carbonyl (C=O) groups excluding carboxylic acids is 2. The number of benzene rings is 3. The molecule has 3 aromatic carbocycles. The maximum Gasteiger partial charge on any atom is 0.339 e. The van der Waals surface area contributed by atoms with Gasteiger partial charge in [0, 0.05) is 19.1 Å². The van der Waals surface area contributed by atoms with Crippen LogP contribution in [0.3, 0.4) is 0 Å². The lowest BCUT2D eigenvalue weighted by Crippen LogP contribution is -2.16. The predicted molar refractivity (Wildman–Crippen MR) is 141 cm³/mol. The van der Waals surface area contributed by atoms with E-state index in [0.717, 1.165) is 0 Å². The van der Waals surface area contributed by atoms with E-state index in [2.05, 4.69) is 6.58 Å². The average molecular weight is 519 g/mol. The molecule has 0 amide bonds. The predicted octanol–water partition coefficient (Wildman–Crippen LogP) is 4.87. The number of esters is 1. The van der Waals surface area contributed by atoms with Crippen molar-refractivity contribution < 1.29 is 38.8 Å². The van der Waals surface area contributed by atoms with Crippen LogP contribution in [0, 0.1) is 0 Å². The second kappa shape index (κ2) is 13.9. The van der Waals surface area contributed by atoms with Crippen LogP contribution in [-0.2, 0) is 14.3 Å². The summed E-state index contributed by atoms with van der Waals surface area (Å²) in [6, 6.07) is 19.9. The molecule has 0 heterocycles. The van der Waals surface area contributed by atoms with Gasteiger partial charge in [0.15, 0.2) is 5.78 Å². The first kappa shape index (κ1) is 28.3. The van der Waals surface area contributed by atoms with E-state index in [1.54, 1.807) is 66.7 Å². The Morgan fingerprint density at radius 2 is 1.58 bits per heavy atom. The molecule has 0 aromatic heterocycles. The van der Waals surface area contributed by atoms with Gasteiger partial charge in [-0.2, -0.15) is 0 Å². The van der Waals surface area contributed by atoms with Crippen LogP contribution in [-0.4, -0.2) is 54.9 Å². The van der Waals surface area contributed by atoms with Crippen LogP contribution >= 0.6 is 0 Å². The van der Waals surface area contributed by atoms with E-state index in [4.69, 9.17) is 19.3 Å². The van der Waals surface area contributed by atoms with Crippen molar-refractivity contribution in [2.75, 3.05) is 26.9 Å². The maximum atomic E-state index is 13.5. The Bertz CT molecular complexity index is 1300. The third-order valence-corrected chi connectivity index (χ3v) is 5.78. The van der Waals surface area contributed by atoms with E-state index in [0.29, 0.717) is 28.0 Å². The number of carboxylic acids is 1. The lowest BCUT2D eigenvalue weighted by Gasteiger charge is -2.20. The Morgan fingerprint density at radius 3 is 2.24 bits per heavy atom. The number of carbonyl (C=O) groups is 3. The molecule has 0 aliphatic heterocycles. The Kier molecular flexibility index (Phi) is 10.3. The van der Waals surface area contributed by atoms with Crippen LogP contribution in [0.25, 0.3) is 11.1 Å². The SMILES string of the molecule is C=C(COC)C(=O)CC[C@@H](OC(=O)c1ccccc1-c1ccccc1C(=O)O)c1cccc(OCCO)c1. The highest BCUT2D eigenvalue weighted by Crippen LogP contribution is 2.32. The molecule has 0 fully saturated rings. The van der Waals surface area contributed by atoms with Crippen molar-refractivity contribution in [1.29, 1.82) is 0 Å². The molecular formula is C30H30O8. The van der Waals surface area contributed by atoms with Gasteiger partial charge in [0.25, 0.3) is 0 Å². The zero-order valence-electron chi connectivity index (χ0n) is 21.1. The minimum absolute atomic E-state index is 0.0558. The zero-order valence-corrected chi connectivity index (χ0v) is 21.1. The van der Waals surface area contributed by atoms with Gasteiger partial charge >= 0.3 is 11.9 Å². The van der Waals surface area contributed by atoms with Crippen molar-refractivity contribution in [3.63, 3.8) is 0 Å². The number of aromatic carboxylic acids is 1. The molecule has 8 nitrogen and oxygen atoms in total. The second-order valence-electron chi connectivity index (χ2n) is 8.43. The van der Waals surface area contributed by atoms with Crippen LogP contribution in [0.15, 0.2) is 84.9 Å². The first-order valence-electron chi connectivity index (χ1n) is 12.0. The summed E-state index contributed by atoms with van der Waals surface area (Å²) in [4.78, 5) is 37.8. The molecule has 3 aromatic rings. The van der Waals surface area contributed by atoms with Gasteiger partial charge < -0.3 is 24.4 Å². The molecule has 38 heavy (non-hydrogen) atoms. The molecule has 1 atom stereocenters. The zero-order chi connectivity index (χ0) is 27.5. The third-order valence-electron chi connectivity index (χ3n) is 5.78. The molecule has 0 aliphatic rings. The minimum atomic E-state index is -1.11. The summed E-state index contributed by atoms with van der Waals surface area (Å²) < 4.78 is 16.4. The molecule has 8 heteroatoms. The molecule has 0 radical (unpaired) electrons. The Labute approximate surface area is 221 Å². The third kappa shape index (κ3) is 7.38. The second-order valence-corrected chi connectivity index (χ2v) is 8.43. The fraction of sp³-hybridized carbons (Fsp3) is 0.233. The lowest BCUT2D eigenvalue weighted by molar-refractivity contribution is -0.116. The number of hydrogen-bond acceptors (Lipinski definition) is 7. The van der Waals surface area contributed by atoms with Gasteiger partial charge in [-0.1, -0.05) is 55.1 Å². The van der Waals surface area contributed by atoms with Crippen molar-refractivity contribution in [3.05, 3.63) is 102 Å². The van der Waals surface area contributed by atoms with Crippen molar-refractivity contribution in [1.82, 2.24) is 0 Å². The molecule has 3 rings (SSSR count). The Hall–Kier alpha value is -4.27. The first-order chi connectivity index (χ1) is 18.3. The summed E-state index contributed by atoms with van der Waals surface area (Å²) in [6.07, 6.45) is -0.585. The van der Waals surface area contributed by atoms with Gasteiger partial charge in [0.2, 0.25) is 0 Å². The molecule has 198 valence electrons. The molecule has 2 N–H and O–H groups in total. The lowest BCUT2D eigenvalue weighted by atomic mass is 9.95. The van der Waals surface area contributed by atoms with Crippen molar-refractivity contribution in [3.8, 4) is 16.9 Å². The highest BCUT2D eigenvalue weighted by molar-refractivity contribution is 6.02. The van der Waals surface area contributed by atoms with Crippen molar-refractivity contribution >= 4 is 17.7 Å². The molecule has 0 aliphatic carbocycles. The van der Waals surface area contributed by atoms with Gasteiger partial charge in [0.1, 0.15) is 18.5 Å². The number of Topliss-reactive ketones (excluding diaryl/α,β-unsaturated/α-hetero) is 1. The summed E-state index contributed by atoms with van der Waals surface area (Å²) in [7, 11) is 1.47. The topological polar surface area (TPSA) is 119 Å². The van der Waals surface area contributed by atoms with Crippen LogP contribution in [0.4, 0.5) is 0 Å². The molecule has 0 unspecified atom stereocenters. The highest BCUT2D eigenvalue weighted by Gasteiger charge is 2.24. The smallest absolute Gasteiger partial charge is 0.339 e. The number of ketones is 1. The van der Waals surface area contributed by atoms with Gasteiger partial charge in [-0.3, -0.25) is 4.79 Å². The number of carboxylic acid groups (broad SMARTS) is 1. The number of hydrogen-bond donors (Lipinski definition) is 2. The summed E-state index contributed by atoms with van der Waals surface area (Å²) in [6.45, 7) is 3.78. The van der Waals surface area contributed by atoms with E-state index in [9.17, 15) is 19.5 Å². The van der Waals surface area contributed by atoms with Crippen LogP contribution < -0.4 is 4.74 Å². The summed E-state index contributed by atoms with van der Waals surface area (Å²) in [5, 5.41) is 18.7. The molecule has 0 spiro atoms. The van der Waals surface area contributed by atoms with E-state index in [1.165, 1.54) is 13.2 Å². The maximum absolute atomic E-state index is 13.5. The fourth-order valence-corrected chi connectivity index (χ4v) is 3.95. The number of methoxy groups -OCH3 is 1. The average Bonchev–Trinajstić information content (AvgIpc) is 2.94. The standard InChI is InChI=1S/C30H30O8/c1-20(19-36-2)27(32)14-15-28(21-8-7-9-22(18-21)37-17-16-31)38-30(35)26-13-6-4-11-24(26)23-10-3-5-12-25(23)29(33)34/h3-13,18,28,31H,1,14-17,19H2,2H3,(H,33,34)/t28-/m1/s1. The largest absolute Gasteiger partial charge is 0.491 e. The highest BCUT2D eigenvalue weighted by atomic mass is 16.5. The number of aliphatic hydroxyl groups is 1. The molecular weight excluding hydrogens is 488 g/mol. The summed E-state index contributed by atoms with van der Waals surface area (Å²) in [5.74, 6) is -1.52. The molecule has 0 saturated carbocycles. The number of ether oxygens (including phenoxy) is 3. The fourth-order valence-electron chi connectivity index (χ4n) is 3.95. The van der Waals surface area contributed by atoms with Crippen molar-refractivity contribution in [2.45, 2.75) is 18.9 Å². The normalized spacial score (nSPS) is 11.4. The Balaban J connectivity index is 1.93. The van der Waals surface area contributed by atoms with Gasteiger partial charge in [-0.15, -0.1) is 0 Å². The van der Waals surface area contributed by atoms with E-state index < -0.39 is 18.0 Å². The summed E-state index contributed by atoms with van der Waals surface area (Å²) >= 11 is 0. The summed E-state index contributed by atoms with van der Waals surface area (Å²) in [5.41, 5.74) is 1.96. The quantitative estimate of drug-likeness (QED) is 0.229. The van der Waals surface area contributed by atoms with E-state index in [1.807, 2.05) is 0 Å². The van der Waals surface area contributed by atoms with Crippen LogP contribution in [0.1, 0.15) is 45.2 Å². The minimum Gasteiger partial charge on any atom is -0.491 e. The molecule has 0 saturated heterocycles. The number of aliphatic hydroxyl groups excluding tert-OH is 1. The van der Waals surface area contributed by atoms with E-state index >= 15 is 0 Å². The molecule has 0 bridgehead atoms. The number of rotatable bonds is 14.